The number of rotatable bonds is 1. The first-order valence-electron chi connectivity index (χ1n) is 16.9. The van der Waals surface area contributed by atoms with Crippen LogP contribution in [0.15, 0.2) is 83.6 Å². The summed E-state index contributed by atoms with van der Waals surface area (Å²) in [5, 5.41) is 1.43. The number of para-hydroxylation sites is 2. The van der Waals surface area contributed by atoms with Crippen LogP contribution in [-0.4, -0.2) is 65.8 Å². The van der Waals surface area contributed by atoms with Crippen LogP contribution in [0.3, 0.4) is 0 Å². The van der Waals surface area contributed by atoms with Crippen LogP contribution in [0.25, 0.3) is 10.9 Å². The number of H-pyrrole nitrogens is 1. The fourth-order valence-electron chi connectivity index (χ4n) is 11.9. The van der Waals surface area contributed by atoms with E-state index in [1.54, 1.807) is 27.8 Å². The molecule has 2 aromatic carbocycles. The number of fused-ring (bicyclic) bond motifs is 7. The van der Waals surface area contributed by atoms with Gasteiger partial charge >= 0.3 is 0 Å². The number of aromatic nitrogens is 1. The highest BCUT2D eigenvalue weighted by Gasteiger charge is 2.70. The molecule has 1 spiro atoms. The van der Waals surface area contributed by atoms with Crippen molar-refractivity contribution < 1.29 is 4.74 Å². The van der Waals surface area contributed by atoms with Gasteiger partial charge < -0.3 is 14.6 Å². The van der Waals surface area contributed by atoms with Gasteiger partial charge in [0.25, 0.3) is 0 Å². The number of nitrogens with zero attached hydrogens (tertiary/aromatic N) is 3. The Balaban J connectivity index is 1.08. The van der Waals surface area contributed by atoms with E-state index < -0.39 is 0 Å². The summed E-state index contributed by atoms with van der Waals surface area (Å²) in [6.45, 7) is 7.63. The third-order valence-corrected chi connectivity index (χ3v) is 13.5. The van der Waals surface area contributed by atoms with E-state index in [1.807, 2.05) is 0 Å². The van der Waals surface area contributed by atoms with Gasteiger partial charge in [-0.3, -0.25) is 9.80 Å². The van der Waals surface area contributed by atoms with Gasteiger partial charge in [-0.25, -0.2) is 0 Å². The fourth-order valence-corrected chi connectivity index (χ4v) is 11.9. The highest BCUT2D eigenvalue weighted by atomic mass is 16.5. The Morgan fingerprint density at radius 2 is 1.91 bits per heavy atom. The molecule has 1 aliphatic carbocycles. The van der Waals surface area contributed by atoms with Crippen LogP contribution in [0.4, 0.5) is 5.69 Å². The van der Waals surface area contributed by atoms with Gasteiger partial charge in [0.05, 0.1) is 24.8 Å². The summed E-state index contributed by atoms with van der Waals surface area (Å²) >= 11 is 0. The first kappa shape index (κ1) is 24.2. The molecule has 3 saturated heterocycles. The SMILES string of the molecule is C/C=C1\CN2CCc3c([nH]c4ccccc34)C2CC1C1=CN2c3ccccc3C34CCN5CC6=CCOC1C(C6CC53)C24. The van der Waals surface area contributed by atoms with Crippen molar-refractivity contribution >= 4 is 16.6 Å². The van der Waals surface area contributed by atoms with Crippen molar-refractivity contribution in [3.8, 4) is 0 Å². The van der Waals surface area contributed by atoms with E-state index in [0.717, 1.165) is 39.1 Å². The van der Waals surface area contributed by atoms with Gasteiger partial charge in [-0.05, 0) is 73.9 Å². The minimum absolute atomic E-state index is 0.191. The number of allylic oxidation sites excluding steroid dienone is 1. The lowest BCUT2D eigenvalue weighted by atomic mass is 9.53. The third-order valence-electron chi connectivity index (χ3n) is 13.5. The van der Waals surface area contributed by atoms with Gasteiger partial charge in [0.2, 0.25) is 0 Å². The van der Waals surface area contributed by atoms with Crippen LogP contribution in [-0.2, 0) is 16.6 Å². The summed E-state index contributed by atoms with van der Waals surface area (Å²) in [6, 6.07) is 20.0. The van der Waals surface area contributed by atoms with Crippen molar-refractivity contribution in [2.24, 2.45) is 17.8 Å². The van der Waals surface area contributed by atoms with Crippen LogP contribution in [0.1, 0.15) is 49.0 Å². The Morgan fingerprint density at radius 3 is 2.86 bits per heavy atom. The van der Waals surface area contributed by atoms with E-state index in [-0.39, 0.29) is 11.5 Å². The topological polar surface area (TPSA) is 34.7 Å². The maximum Gasteiger partial charge on any atom is 0.0866 e. The molecule has 1 N–H and O–H groups in total. The molecular formula is C38H40N4O. The fraction of sp³-hybridized carbons (Fsp3) is 0.474. The summed E-state index contributed by atoms with van der Waals surface area (Å²) in [5.74, 6) is 1.56. The standard InChI is InChI=1S/C38H40N4O/c1-2-22-19-40-14-11-25-24-7-3-5-9-30(24)39-35(25)32(40)17-26(22)28-21-42-31-10-6-4-8-29(31)38-13-15-41-20-23-12-16-43-36(28)34(37(38)42)27(23)18-33(38)41/h2-10,12,21,26-27,32-34,36-37,39H,11,13-20H2,1H3/b22-2+. The van der Waals surface area contributed by atoms with Crippen LogP contribution in [0, 0.1) is 17.8 Å². The molecule has 7 aliphatic heterocycles. The molecule has 8 atom stereocenters. The number of ether oxygens (including phenoxy) is 1. The Bertz CT molecular complexity index is 1800. The second-order valence-electron chi connectivity index (χ2n) is 14.7. The second kappa shape index (κ2) is 8.32. The van der Waals surface area contributed by atoms with Crippen molar-refractivity contribution in [3.63, 3.8) is 0 Å². The molecule has 218 valence electrons. The van der Waals surface area contributed by atoms with E-state index in [0.29, 0.717) is 35.9 Å². The quantitative estimate of drug-likeness (QED) is 0.360. The second-order valence-corrected chi connectivity index (χ2v) is 14.7. The van der Waals surface area contributed by atoms with E-state index in [2.05, 4.69) is 93.5 Å². The number of aromatic amines is 1. The normalized spacial score (nSPS) is 39.7. The molecule has 1 saturated carbocycles. The summed E-state index contributed by atoms with van der Waals surface area (Å²) in [7, 11) is 0. The lowest BCUT2D eigenvalue weighted by molar-refractivity contribution is -0.0331. The zero-order valence-corrected chi connectivity index (χ0v) is 25.0. The van der Waals surface area contributed by atoms with Crippen molar-refractivity contribution in [2.75, 3.05) is 37.7 Å². The first-order valence-corrected chi connectivity index (χ1v) is 16.9. The molecule has 1 aromatic heterocycles. The summed E-state index contributed by atoms with van der Waals surface area (Å²) in [5.41, 5.74) is 12.5. The summed E-state index contributed by atoms with van der Waals surface area (Å²) in [4.78, 5) is 12.3. The molecule has 2 bridgehead atoms. The van der Waals surface area contributed by atoms with Crippen LogP contribution in [0.2, 0.25) is 0 Å². The minimum Gasteiger partial charge on any atom is -0.369 e. The van der Waals surface area contributed by atoms with Gasteiger partial charge in [0.15, 0.2) is 0 Å². The molecule has 4 fully saturated rings. The largest absolute Gasteiger partial charge is 0.369 e. The number of nitrogens with one attached hydrogen (secondary N) is 1. The van der Waals surface area contributed by atoms with Crippen LogP contribution < -0.4 is 4.90 Å². The summed E-state index contributed by atoms with van der Waals surface area (Å²) in [6.07, 6.45) is 12.6. The van der Waals surface area contributed by atoms with Gasteiger partial charge in [-0.2, -0.15) is 0 Å². The average molecular weight is 569 g/mol. The molecule has 0 radical (unpaired) electrons. The predicted molar refractivity (Wildman–Crippen MR) is 170 cm³/mol. The molecule has 8 heterocycles. The highest BCUT2D eigenvalue weighted by molar-refractivity contribution is 5.85. The zero-order chi connectivity index (χ0) is 28.0. The molecule has 0 amide bonds. The molecule has 43 heavy (non-hydrogen) atoms. The number of hydrogen-bond donors (Lipinski definition) is 1. The summed E-state index contributed by atoms with van der Waals surface area (Å²) < 4.78 is 7.10. The average Bonchev–Trinajstić information content (AvgIpc) is 3.67. The smallest absolute Gasteiger partial charge is 0.0866 e. The molecule has 3 aromatic rings. The third kappa shape index (κ3) is 2.86. The van der Waals surface area contributed by atoms with Gasteiger partial charge in [0.1, 0.15) is 0 Å². The molecule has 5 nitrogen and oxygen atoms in total. The Hall–Kier alpha value is -3.12. The molecular weight excluding hydrogens is 528 g/mol. The lowest BCUT2D eigenvalue weighted by Gasteiger charge is -2.59. The monoisotopic (exact) mass is 568 g/mol. The molecule has 8 unspecified atom stereocenters. The molecule has 5 heteroatoms. The first-order chi connectivity index (χ1) is 21.2. The minimum atomic E-state index is 0.191. The van der Waals surface area contributed by atoms with Crippen LogP contribution >= 0.6 is 0 Å². The number of piperidine rings is 2. The zero-order valence-electron chi connectivity index (χ0n) is 25.0. The van der Waals surface area contributed by atoms with Crippen molar-refractivity contribution in [2.45, 2.75) is 62.3 Å². The van der Waals surface area contributed by atoms with Gasteiger partial charge in [0, 0.05) is 71.4 Å². The van der Waals surface area contributed by atoms with E-state index in [1.165, 1.54) is 41.7 Å². The van der Waals surface area contributed by atoms with Gasteiger partial charge in [-0.15, -0.1) is 0 Å². The maximum atomic E-state index is 7.10. The predicted octanol–water partition coefficient (Wildman–Crippen LogP) is 6.11. The Labute approximate surface area is 253 Å². The van der Waals surface area contributed by atoms with Crippen molar-refractivity contribution in [1.82, 2.24) is 14.8 Å². The number of benzene rings is 2. The molecule has 11 rings (SSSR count). The number of hydrogen-bond acceptors (Lipinski definition) is 4. The Kier molecular flexibility index (Phi) is 4.69. The van der Waals surface area contributed by atoms with Crippen molar-refractivity contribution in [1.29, 1.82) is 0 Å². The number of anilines is 1. The highest BCUT2D eigenvalue weighted by Crippen LogP contribution is 2.66. The van der Waals surface area contributed by atoms with E-state index >= 15 is 0 Å². The molecule has 8 aliphatic rings. The van der Waals surface area contributed by atoms with E-state index in [9.17, 15) is 0 Å². The maximum absolute atomic E-state index is 7.10. The van der Waals surface area contributed by atoms with Crippen molar-refractivity contribution in [3.05, 3.63) is 100 Å². The Morgan fingerprint density at radius 1 is 1.00 bits per heavy atom. The van der Waals surface area contributed by atoms with Gasteiger partial charge in [-0.1, -0.05) is 59.7 Å². The lowest BCUT2D eigenvalue weighted by Crippen LogP contribution is -2.67. The van der Waals surface area contributed by atoms with E-state index in [4.69, 9.17) is 4.74 Å². The van der Waals surface area contributed by atoms with Crippen LogP contribution in [0.5, 0.6) is 0 Å².